The summed E-state index contributed by atoms with van der Waals surface area (Å²) >= 11 is 1.63. The van der Waals surface area contributed by atoms with Crippen LogP contribution in [0.4, 0.5) is 0 Å². The Morgan fingerprint density at radius 1 is 1.43 bits per heavy atom. The first-order valence-corrected chi connectivity index (χ1v) is 5.03. The van der Waals surface area contributed by atoms with Gasteiger partial charge in [0.2, 0.25) is 0 Å². The zero-order valence-corrected chi connectivity index (χ0v) is 8.05. The maximum atomic E-state index is 4.20. The standard InChI is InChI=1S/C8H7N5S/c1-2-13-7(4-14-8(13)10-1)3-12-6-9-5-11-12/h1-2,4-6H,3H2. The quantitative estimate of drug-likeness (QED) is 0.628. The molecule has 0 aromatic carbocycles. The van der Waals surface area contributed by atoms with E-state index in [0.29, 0.717) is 0 Å². The van der Waals surface area contributed by atoms with E-state index in [-0.39, 0.29) is 0 Å². The third kappa shape index (κ3) is 1.12. The minimum Gasteiger partial charge on any atom is -0.293 e. The van der Waals surface area contributed by atoms with Crippen LogP contribution < -0.4 is 0 Å². The Balaban J connectivity index is 2.02. The summed E-state index contributed by atoms with van der Waals surface area (Å²) in [6.45, 7) is 0.732. The summed E-state index contributed by atoms with van der Waals surface area (Å²) in [6, 6.07) is 0. The molecule has 0 unspecified atom stereocenters. The van der Waals surface area contributed by atoms with Gasteiger partial charge in [-0.05, 0) is 0 Å². The molecule has 0 N–H and O–H groups in total. The number of thiazole rings is 1. The van der Waals surface area contributed by atoms with Gasteiger partial charge in [0.25, 0.3) is 0 Å². The van der Waals surface area contributed by atoms with Crippen molar-refractivity contribution in [2.75, 3.05) is 0 Å². The van der Waals surface area contributed by atoms with Gasteiger partial charge in [-0.25, -0.2) is 14.6 Å². The van der Waals surface area contributed by atoms with Crippen LogP contribution in [0.1, 0.15) is 5.69 Å². The molecule has 3 aromatic heterocycles. The topological polar surface area (TPSA) is 48.0 Å². The molecule has 3 heterocycles. The lowest BCUT2D eigenvalue weighted by Crippen LogP contribution is -2.01. The van der Waals surface area contributed by atoms with Crippen LogP contribution in [-0.2, 0) is 6.54 Å². The van der Waals surface area contributed by atoms with E-state index in [4.69, 9.17) is 0 Å². The second kappa shape index (κ2) is 2.91. The molecule has 0 saturated carbocycles. The van der Waals surface area contributed by atoms with Crippen LogP contribution in [0.15, 0.2) is 30.4 Å². The highest BCUT2D eigenvalue weighted by molar-refractivity contribution is 7.15. The summed E-state index contributed by atoms with van der Waals surface area (Å²) in [4.78, 5) is 9.12. The van der Waals surface area contributed by atoms with Gasteiger partial charge in [-0.15, -0.1) is 11.3 Å². The third-order valence-electron chi connectivity index (χ3n) is 2.01. The van der Waals surface area contributed by atoms with Gasteiger partial charge in [0, 0.05) is 17.8 Å². The average Bonchev–Trinajstić information content (AvgIpc) is 2.85. The largest absolute Gasteiger partial charge is 0.293 e. The van der Waals surface area contributed by atoms with E-state index < -0.39 is 0 Å². The van der Waals surface area contributed by atoms with Gasteiger partial charge in [0.1, 0.15) is 12.7 Å². The number of hydrogen-bond donors (Lipinski definition) is 0. The predicted octanol–water partition coefficient (Wildman–Crippen LogP) is 1.04. The van der Waals surface area contributed by atoms with E-state index in [1.165, 1.54) is 12.0 Å². The highest BCUT2D eigenvalue weighted by Crippen LogP contribution is 2.14. The van der Waals surface area contributed by atoms with E-state index in [1.54, 1.807) is 28.5 Å². The zero-order valence-electron chi connectivity index (χ0n) is 7.24. The lowest BCUT2D eigenvalue weighted by atomic mass is 10.5. The van der Waals surface area contributed by atoms with Gasteiger partial charge >= 0.3 is 0 Å². The summed E-state index contributed by atoms with van der Waals surface area (Å²) in [5, 5.41) is 6.15. The average molecular weight is 205 g/mol. The molecule has 70 valence electrons. The molecule has 0 aliphatic rings. The molecule has 0 aliphatic carbocycles. The summed E-state index contributed by atoms with van der Waals surface area (Å²) < 4.78 is 3.86. The lowest BCUT2D eigenvalue weighted by Gasteiger charge is -1.97. The summed E-state index contributed by atoms with van der Waals surface area (Å²) in [5.41, 5.74) is 1.17. The Kier molecular flexibility index (Phi) is 1.60. The zero-order chi connectivity index (χ0) is 9.38. The molecule has 0 fully saturated rings. The predicted molar refractivity (Wildman–Crippen MR) is 52.2 cm³/mol. The Morgan fingerprint density at radius 3 is 3.29 bits per heavy atom. The van der Waals surface area contributed by atoms with Crippen molar-refractivity contribution in [2.24, 2.45) is 0 Å². The van der Waals surface area contributed by atoms with Crippen molar-refractivity contribution in [3.63, 3.8) is 0 Å². The Labute approximate surface area is 83.7 Å². The van der Waals surface area contributed by atoms with Crippen LogP contribution in [0.5, 0.6) is 0 Å². The smallest absolute Gasteiger partial charge is 0.193 e. The molecular formula is C8H7N5S. The van der Waals surface area contributed by atoms with Crippen LogP contribution in [0, 0.1) is 0 Å². The van der Waals surface area contributed by atoms with Crippen LogP contribution in [0.3, 0.4) is 0 Å². The van der Waals surface area contributed by atoms with E-state index in [2.05, 4.69) is 24.8 Å². The van der Waals surface area contributed by atoms with Crippen LogP contribution in [0.2, 0.25) is 0 Å². The van der Waals surface area contributed by atoms with Crippen molar-refractivity contribution < 1.29 is 0 Å². The van der Waals surface area contributed by atoms with Gasteiger partial charge in [0.05, 0.1) is 12.2 Å². The molecular weight excluding hydrogens is 198 g/mol. The highest BCUT2D eigenvalue weighted by Gasteiger charge is 2.04. The molecule has 6 heteroatoms. The first kappa shape index (κ1) is 7.69. The SMILES string of the molecule is c1cn2c(Cn3cncn3)csc2n1. The molecule has 0 amide bonds. The van der Waals surface area contributed by atoms with Gasteiger partial charge in [-0.1, -0.05) is 0 Å². The minimum absolute atomic E-state index is 0.732. The molecule has 14 heavy (non-hydrogen) atoms. The lowest BCUT2D eigenvalue weighted by molar-refractivity contribution is 0.667. The van der Waals surface area contributed by atoms with Gasteiger partial charge < -0.3 is 0 Å². The molecule has 0 radical (unpaired) electrons. The van der Waals surface area contributed by atoms with Crippen LogP contribution >= 0.6 is 11.3 Å². The van der Waals surface area contributed by atoms with Crippen molar-refractivity contribution in [3.8, 4) is 0 Å². The van der Waals surface area contributed by atoms with Crippen LogP contribution in [0.25, 0.3) is 4.96 Å². The van der Waals surface area contributed by atoms with Crippen molar-refractivity contribution in [3.05, 3.63) is 36.1 Å². The fourth-order valence-corrected chi connectivity index (χ4v) is 2.21. The van der Waals surface area contributed by atoms with Gasteiger partial charge in [-0.2, -0.15) is 5.10 Å². The third-order valence-corrected chi connectivity index (χ3v) is 2.91. The fourth-order valence-electron chi connectivity index (χ4n) is 1.37. The van der Waals surface area contributed by atoms with Crippen molar-refractivity contribution >= 4 is 16.3 Å². The molecule has 0 spiro atoms. The summed E-state index contributed by atoms with van der Waals surface area (Å²) in [7, 11) is 0. The van der Waals surface area contributed by atoms with Crippen molar-refractivity contribution in [1.82, 2.24) is 24.1 Å². The normalized spacial score (nSPS) is 11.1. The summed E-state index contributed by atoms with van der Waals surface area (Å²) in [6.07, 6.45) is 7.01. The monoisotopic (exact) mass is 205 g/mol. The second-order valence-corrected chi connectivity index (χ2v) is 3.74. The number of hydrogen-bond acceptors (Lipinski definition) is 4. The van der Waals surface area contributed by atoms with Crippen molar-refractivity contribution in [2.45, 2.75) is 6.54 Å². The second-order valence-electron chi connectivity index (χ2n) is 2.90. The molecule has 5 nitrogen and oxygen atoms in total. The maximum Gasteiger partial charge on any atom is 0.193 e. The minimum atomic E-state index is 0.732. The van der Waals surface area contributed by atoms with E-state index in [9.17, 15) is 0 Å². The summed E-state index contributed by atoms with van der Waals surface area (Å²) in [5.74, 6) is 0. The molecule has 0 saturated heterocycles. The van der Waals surface area contributed by atoms with E-state index in [0.717, 1.165) is 11.5 Å². The Morgan fingerprint density at radius 2 is 2.43 bits per heavy atom. The molecule has 0 atom stereocenters. The van der Waals surface area contributed by atoms with Gasteiger partial charge in [-0.3, -0.25) is 4.40 Å². The van der Waals surface area contributed by atoms with Crippen molar-refractivity contribution in [1.29, 1.82) is 0 Å². The highest BCUT2D eigenvalue weighted by atomic mass is 32.1. The number of imidazole rings is 1. The first-order valence-electron chi connectivity index (χ1n) is 4.15. The molecule has 3 aromatic rings. The van der Waals surface area contributed by atoms with E-state index in [1.807, 2.05) is 6.20 Å². The molecule has 0 bridgehead atoms. The fraction of sp³-hybridized carbons (Fsp3) is 0.125. The first-order chi connectivity index (χ1) is 6.93. The van der Waals surface area contributed by atoms with E-state index >= 15 is 0 Å². The van der Waals surface area contributed by atoms with Crippen LogP contribution in [-0.4, -0.2) is 24.1 Å². The number of aromatic nitrogens is 5. The number of nitrogens with zero attached hydrogens (tertiary/aromatic N) is 5. The number of rotatable bonds is 2. The van der Waals surface area contributed by atoms with Gasteiger partial charge in [0.15, 0.2) is 4.96 Å². The number of fused-ring (bicyclic) bond motifs is 1. The molecule has 3 rings (SSSR count). The Bertz CT molecular complexity index is 535. The Hall–Kier alpha value is -1.69. The maximum absolute atomic E-state index is 4.20. The molecule has 0 aliphatic heterocycles.